The van der Waals surface area contributed by atoms with E-state index in [1.165, 1.54) is 0 Å². The third-order valence-electron chi connectivity index (χ3n) is 2.50. The molecule has 4 heteroatoms. The van der Waals surface area contributed by atoms with Gasteiger partial charge >= 0.3 is 0 Å². The maximum atomic E-state index is 5.51. The lowest BCUT2D eigenvalue weighted by Crippen LogP contribution is -2.17. The van der Waals surface area contributed by atoms with Gasteiger partial charge in [-0.2, -0.15) is 0 Å². The number of hydrogen-bond acceptors (Lipinski definition) is 4. The van der Waals surface area contributed by atoms with Crippen LogP contribution in [0.15, 0.2) is 18.2 Å². The number of hydrogen-bond donors (Lipinski definition) is 0. The molecule has 1 saturated heterocycles. The number of fused-ring (bicyclic) bond motifs is 1. The van der Waals surface area contributed by atoms with Gasteiger partial charge in [0.1, 0.15) is 0 Å². The maximum absolute atomic E-state index is 5.51. The van der Waals surface area contributed by atoms with Gasteiger partial charge in [0.25, 0.3) is 0 Å². The van der Waals surface area contributed by atoms with E-state index < -0.39 is 0 Å². The molecular weight excluding hydrogens is 196 g/mol. The Kier molecular flexibility index (Phi) is 2.23. The predicted molar refractivity (Wildman–Crippen MR) is 51.8 cm³/mol. The summed E-state index contributed by atoms with van der Waals surface area (Å²) in [5.74, 6) is 1.56. The molecule has 0 atom stereocenters. The summed E-state index contributed by atoms with van der Waals surface area (Å²) in [6.07, 6.45) is 0.703. The van der Waals surface area contributed by atoms with E-state index >= 15 is 0 Å². The van der Waals surface area contributed by atoms with Crippen molar-refractivity contribution in [2.45, 2.75) is 12.7 Å². The molecule has 0 aromatic heterocycles. The standard InChI is InChI=1S/C11H12O4/c1-4-12-11(13-5-1)8-2-3-9-10(6-8)15-7-14-9/h2-3,6,11H,1,4-5,7H2. The molecule has 15 heavy (non-hydrogen) atoms. The second kappa shape index (κ2) is 3.72. The topological polar surface area (TPSA) is 36.9 Å². The summed E-state index contributed by atoms with van der Waals surface area (Å²) in [5.41, 5.74) is 0.985. The zero-order valence-corrected chi connectivity index (χ0v) is 8.27. The average molecular weight is 208 g/mol. The van der Waals surface area contributed by atoms with Crippen LogP contribution in [-0.4, -0.2) is 20.0 Å². The van der Waals surface area contributed by atoms with Crippen molar-refractivity contribution < 1.29 is 18.9 Å². The van der Waals surface area contributed by atoms with Crippen molar-refractivity contribution in [3.63, 3.8) is 0 Å². The third kappa shape index (κ3) is 1.66. The first-order valence-corrected chi connectivity index (χ1v) is 5.06. The van der Waals surface area contributed by atoms with Crippen LogP contribution >= 0.6 is 0 Å². The van der Waals surface area contributed by atoms with Gasteiger partial charge in [-0.3, -0.25) is 0 Å². The van der Waals surface area contributed by atoms with Gasteiger partial charge in [0.05, 0.1) is 13.2 Å². The van der Waals surface area contributed by atoms with E-state index in [-0.39, 0.29) is 6.29 Å². The van der Waals surface area contributed by atoms with Crippen molar-refractivity contribution in [2.24, 2.45) is 0 Å². The second-order valence-corrected chi connectivity index (χ2v) is 3.54. The minimum Gasteiger partial charge on any atom is -0.454 e. The van der Waals surface area contributed by atoms with Gasteiger partial charge in [0.15, 0.2) is 17.8 Å². The van der Waals surface area contributed by atoms with Crippen LogP contribution in [0.5, 0.6) is 11.5 Å². The normalized spacial score (nSPS) is 20.5. The van der Waals surface area contributed by atoms with Gasteiger partial charge in [-0.15, -0.1) is 0 Å². The molecule has 0 bridgehead atoms. The van der Waals surface area contributed by atoms with E-state index in [0.717, 1.165) is 36.7 Å². The van der Waals surface area contributed by atoms with Gasteiger partial charge in [-0.05, 0) is 24.6 Å². The van der Waals surface area contributed by atoms with Crippen molar-refractivity contribution in [1.82, 2.24) is 0 Å². The quantitative estimate of drug-likeness (QED) is 0.705. The molecule has 0 unspecified atom stereocenters. The van der Waals surface area contributed by atoms with Crippen LogP contribution in [0.4, 0.5) is 0 Å². The van der Waals surface area contributed by atoms with Crippen LogP contribution in [0.2, 0.25) is 0 Å². The maximum Gasteiger partial charge on any atom is 0.231 e. The molecule has 4 nitrogen and oxygen atoms in total. The van der Waals surface area contributed by atoms with E-state index in [0.29, 0.717) is 6.79 Å². The smallest absolute Gasteiger partial charge is 0.231 e. The third-order valence-corrected chi connectivity index (χ3v) is 2.50. The molecular formula is C11H12O4. The second-order valence-electron chi connectivity index (χ2n) is 3.54. The van der Waals surface area contributed by atoms with Crippen molar-refractivity contribution in [3.05, 3.63) is 23.8 Å². The summed E-state index contributed by atoms with van der Waals surface area (Å²) >= 11 is 0. The minimum atomic E-state index is -0.256. The molecule has 1 fully saturated rings. The van der Waals surface area contributed by atoms with Crippen molar-refractivity contribution in [1.29, 1.82) is 0 Å². The molecule has 2 aliphatic heterocycles. The monoisotopic (exact) mass is 208 g/mol. The first-order valence-electron chi connectivity index (χ1n) is 5.06. The molecule has 0 aliphatic carbocycles. The van der Waals surface area contributed by atoms with E-state index in [1.54, 1.807) is 0 Å². The van der Waals surface area contributed by atoms with Gasteiger partial charge in [0.2, 0.25) is 6.79 Å². The van der Waals surface area contributed by atoms with Crippen molar-refractivity contribution in [3.8, 4) is 11.5 Å². The first-order chi connectivity index (χ1) is 7.43. The van der Waals surface area contributed by atoms with Crippen LogP contribution in [0.1, 0.15) is 18.3 Å². The largest absolute Gasteiger partial charge is 0.454 e. The van der Waals surface area contributed by atoms with Crippen LogP contribution in [-0.2, 0) is 9.47 Å². The van der Waals surface area contributed by atoms with Crippen LogP contribution in [0.25, 0.3) is 0 Å². The van der Waals surface area contributed by atoms with Crippen LogP contribution in [0, 0.1) is 0 Å². The Balaban J connectivity index is 1.85. The van der Waals surface area contributed by atoms with Crippen LogP contribution in [0.3, 0.4) is 0 Å². The fraction of sp³-hybridized carbons (Fsp3) is 0.455. The SMILES string of the molecule is c1cc2c(cc1C1OCCCO1)OCO2. The molecule has 0 radical (unpaired) electrons. The highest BCUT2D eigenvalue weighted by molar-refractivity contribution is 5.44. The summed E-state index contributed by atoms with van der Waals surface area (Å²) in [5, 5.41) is 0. The highest BCUT2D eigenvalue weighted by atomic mass is 16.7. The minimum absolute atomic E-state index is 0.256. The lowest BCUT2D eigenvalue weighted by Gasteiger charge is -2.23. The Labute approximate surface area is 87.7 Å². The average Bonchev–Trinajstić information content (AvgIpc) is 2.77. The predicted octanol–water partition coefficient (Wildman–Crippen LogP) is 1.85. The molecule has 2 aliphatic rings. The van der Waals surface area contributed by atoms with Crippen molar-refractivity contribution in [2.75, 3.05) is 20.0 Å². The highest BCUT2D eigenvalue weighted by Gasteiger charge is 2.20. The van der Waals surface area contributed by atoms with Crippen LogP contribution < -0.4 is 9.47 Å². The fourth-order valence-corrected chi connectivity index (χ4v) is 1.74. The molecule has 0 N–H and O–H groups in total. The lowest BCUT2D eigenvalue weighted by atomic mass is 10.2. The summed E-state index contributed by atoms with van der Waals surface area (Å²) in [4.78, 5) is 0. The molecule has 1 aromatic rings. The molecule has 0 saturated carbocycles. The number of benzene rings is 1. The van der Waals surface area contributed by atoms with E-state index in [2.05, 4.69) is 0 Å². The molecule has 0 spiro atoms. The zero-order chi connectivity index (χ0) is 10.1. The first kappa shape index (κ1) is 9.00. The number of ether oxygens (including phenoxy) is 4. The van der Waals surface area contributed by atoms with E-state index in [1.807, 2.05) is 18.2 Å². The lowest BCUT2D eigenvalue weighted by molar-refractivity contribution is -0.183. The summed E-state index contributed by atoms with van der Waals surface area (Å²) in [6, 6.07) is 5.75. The number of rotatable bonds is 1. The van der Waals surface area contributed by atoms with Gasteiger partial charge in [0, 0.05) is 5.56 Å². The molecule has 80 valence electrons. The fourth-order valence-electron chi connectivity index (χ4n) is 1.74. The van der Waals surface area contributed by atoms with Crippen molar-refractivity contribution >= 4 is 0 Å². The van der Waals surface area contributed by atoms with Gasteiger partial charge < -0.3 is 18.9 Å². The summed E-state index contributed by atoms with van der Waals surface area (Å²) in [6.45, 7) is 1.80. The molecule has 0 amide bonds. The Morgan fingerprint density at radius 1 is 1.00 bits per heavy atom. The van der Waals surface area contributed by atoms with E-state index in [4.69, 9.17) is 18.9 Å². The molecule has 3 rings (SSSR count). The summed E-state index contributed by atoms with van der Waals surface area (Å²) < 4.78 is 21.5. The van der Waals surface area contributed by atoms with E-state index in [9.17, 15) is 0 Å². The van der Waals surface area contributed by atoms with Gasteiger partial charge in [-0.1, -0.05) is 0 Å². The zero-order valence-electron chi connectivity index (χ0n) is 8.27. The highest BCUT2D eigenvalue weighted by Crippen LogP contribution is 2.35. The van der Waals surface area contributed by atoms with Gasteiger partial charge in [-0.25, -0.2) is 0 Å². The Morgan fingerprint density at radius 3 is 2.67 bits per heavy atom. The Hall–Kier alpha value is -1.26. The summed E-state index contributed by atoms with van der Waals surface area (Å²) in [7, 11) is 0. The Bertz CT molecular complexity index is 358. The molecule has 2 heterocycles. The Morgan fingerprint density at radius 2 is 1.80 bits per heavy atom. The molecule has 1 aromatic carbocycles.